The van der Waals surface area contributed by atoms with Gasteiger partial charge in [-0.15, -0.1) is 11.3 Å². The van der Waals surface area contributed by atoms with Crippen molar-refractivity contribution in [1.29, 1.82) is 0 Å². The predicted molar refractivity (Wildman–Crippen MR) is 83.7 cm³/mol. The van der Waals surface area contributed by atoms with E-state index < -0.39 is 0 Å². The van der Waals surface area contributed by atoms with E-state index in [-0.39, 0.29) is 11.4 Å². The predicted octanol–water partition coefficient (Wildman–Crippen LogP) is 2.94. The molecule has 108 valence electrons. The molecule has 1 aromatic heterocycles. The molecule has 0 unspecified atom stereocenters. The first-order valence-corrected chi connectivity index (χ1v) is 8.45. The van der Waals surface area contributed by atoms with E-state index in [0.29, 0.717) is 0 Å². The van der Waals surface area contributed by atoms with E-state index in [1.54, 1.807) is 11.3 Å². The first kappa shape index (κ1) is 13.8. The van der Waals surface area contributed by atoms with Crippen LogP contribution in [-0.4, -0.2) is 24.5 Å². The molecule has 0 bridgehead atoms. The van der Waals surface area contributed by atoms with Crippen molar-refractivity contribution in [2.45, 2.75) is 44.6 Å². The molecular formula is C16H22N2OS. The Morgan fingerprint density at radius 1 is 1.35 bits per heavy atom. The fourth-order valence-corrected chi connectivity index (χ4v) is 4.30. The van der Waals surface area contributed by atoms with Crippen LogP contribution >= 0.6 is 11.3 Å². The Labute approximate surface area is 124 Å². The zero-order chi connectivity index (χ0) is 14.0. The SMILES string of the molecule is CCNCC1=C(c2cccs2)C(=O)NC12CCCCC2. The second-order valence-electron chi connectivity index (χ2n) is 5.71. The number of hydrogen-bond donors (Lipinski definition) is 2. The monoisotopic (exact) mass is 290 g/mol. The lowest BCUT2D eigenvalue weighted by Crippen LogP contribution is -2.47. The molecule has 1 aromatic rings. The van der Waals surface area contributed by atoms with Gasteiger partial charge in [0.25, 0.3) is 5.91 Å². The van der Waals surface area contributed by atoms with Crippen LogP contribution in [0.2, 0.25) is 0 Å². The second kappa shape index (κ2) is 5.70. The first-order chi connectivity index (χ1) is 9.77. The van der Waals surface area contributed by atoms with E-state index in [1.165, 1.54) is 24.8 Å². The lowest BCUT2D eigenvalue weighted by atomic mass is 9.76. The van der Waals surface area contributed by atoms with Crippen LogP contribution in [0, 0.1) is 0 Å². The van der Waals surface area contributed by atoms with Gasteiger partial charge < -0.3 is 10.6 Å². The molecule has 0 radical (unpaired) electrons. The summed E-state index contributed by atoms with van der Waals surface area (Å²) in [6.45, 7) is 3.87. The molecule has 0 atom stereocenters. The third kappa shape index (κ3) is 2.31. The van der Waals surface area contributed by atoms with Crippen molar-refractivity contribution in [2.75, 3.05) is 13.1 Å². The molecular weight excluding hydrogens is 268 g/mol. The molecule has 1 saturated carbocycles. The van der Waals surface area contributed by atoms with Crippen LogP contribution in [0.3, 0.4) is 0 Å². The minimum absolute atomic E-state index is 0.0726. The molecule has 3 nitrogen and oxygen atoms in total. The summed E-state index contributed by atoms with van der Waals surface area (Å²) >= 11 is 1.66. The standard InChI is InChI=1S/C16H22N2OS/c1-2-17-11-12-14(13-7-6-10-20-13)15(19)18-16(12)8-4-3-5-9-16/h6-7,10,17H,2-5,8-9,11H2,1H3,(H,18,19). The van der Waals surface area contributed by atoms with E-state index >= 15 is 0 Å². The molecule has 3 rings (SSSR count). The summed E-state index contributed by atoms with van der Waals surface area (Å²) < 4.78 is 0. The number of amides is 1. The maximum absolute atomic E-state index is 12.5. The minimum Gasteiger partial charge on any atom is -0.343 e. The van der Waals surface area contributed by atoms with Gasteiger partial charge in [-0.25, -0.2) is 0 Å². The molecule has 1 fully saturated rings. The summed E-state index contributed by atoms with van der Waals surface area (Å²) in [5.41, 5.74) is 2.16. The maximum atomic E-state index is 12.5. The molecule has 2 aliphatic rings. The topological polar surface area (TPSA) is 41.1 Å². The van der Waals surface area contributed by atoms with E-state index in [4.69, 9.17) is 0 Å². The van der Waals surface area contributed by atoms with Crippen molar-refractivity contribution >= 4 is 22.8 Å². The van der Waals surface area contributed by atoms with Crippen LogP contribution in [-0.2, 0) is 4.79 Å². The van der Waals surface area contributed by atoms with E-state index in [9.17, 15) is 4.79 Å². The summed E-state index contributed by atoms with van der Waals surface area (Å²) in [6, 6.07) is 4.09. The largest absolute Gasteiger partial charge is 0.343 e. The number of likely N-dealkylation sites (N-methyl/N-ethyl adjacent to an activating group) is 1. The Kier molecular flexibility index (Phi) is 3.94. The Hall–Kier alpha value is -1.13. The number of rotatable bonds is 4. The Bertz CT molecular complexity index is 513. The van der Waals surface area contributed by atoms with Gasteiger partial charge in [-0.3, -0.25) is 4.79 Å². The third-order valence-electron chi connectivity index (χ3n) is 4.49. The van der Waals surface area contributed by atoms with Crippen molar-refractivity contribution in [3.8, 4) is 0 Å². The van der Waals surface area contributed by atoms with Crippen LogP contribution < -0.4 is 10.6 Å². The quantitative estimate of drug-likeness (QED) is 0.895. The molecule has 0 aromatic carbocycles. The molecule has 1 amide bonds. The highest BCUT2D eigenvalue weighted by atomic mass is 32.1. The number of thiophene rings is 1. The van der Waals surface area contributed by atoms with E-state index in [2.05, 4.69) is 23.6 Å². The van der Waals surface area contributed by atoms with Gasteiger partial charge in [0.15, 0.2) is 0 Å². The third-order valence-corrected chi connectivity index (χ3v) is 5.37. The fraction of sp³-hybridized carbons (Fsp3) is 0.562. The number of hydrogen-bond acceptors (Lipinski definition) is 3. The highest BCUT2D eigenvalue weighted by molar-refractivity contribution is 7.11. The van der Waals surface area contributed by atoms with Crippen molar-refractivity contribution < 1.29 is 4.79 Å². The van der Waals surface area contributed by atoms with Gasteiger partial charge in [-0.05, 0) is 36.4 Å². The van der Waals surface area contributed by atoms with Crippen LogP contribution in [0.25, 0.3) is 5.57 Å². The van der Waals surface area contributed by atoms with Gasteiger partial charge in [-0.2, -0.15) is 0 Å². The normalized spacial score (nSPS) is 21.6. The lowest BCUT2D eigenvalue weighted by molar-refractivity contribution is -0.116. The van der Waals surface area contributed by atoms with Gasteiger partial charge in [0.05, 0.1) is 11.1 Å². The van der Waals surface area contributed by atoms with E-state index in [1.807, 2.05) is 11.4 Å². The van der Waals surface area contributed by atoms with Gasteiger partial charge in [0.2, 0.25) is 0 Å². The maximum Gasteiger partial charge on any atom is 0.253 e. The first-order valence-electron chi connectivity index (χ1n) is 7.57. The highest BCUT2D eigenvalue weighted by Crippen LogP contribution is 2.42. The Morgan fingerprint density at radius 2 is 2.15 bits per heavy atom. The zero-order valence-corrected chi connectivity index (χ0v) is 12.8. The van der Waals surface area contributed by atoms with Crippen molar-refractivity contribution in [1.82, 2.24) is 10.6 Å². The average Bonchev–Trinajstić information content (AvgIpc) is 3.04. The van der Waals surface area contributed by atoms with Crippen molar-refractivity contribution in [3.05, 3.63) is 28.0 Å². The minimum atomic E-state index is -0.0726. The smallest absolute Gasteiger partial charge is 0.253 e. The molecule has 2 N–H and O–H groups in total. The van der Waals surface area contributed by atoms with Gasteiger partial charge in [0, 0.05) is 11.4 Å². The van der Waals surface area contributed by atoms with Crippen molar-refractivity contribution in [2.24, 2.45) is 0 Å². The average molecular weight is 290 g/mol. The molecule has 1 spiro atoms. The molecule has 1 aliphatic heterocycles. The summed E-state index contributed by atoms with van der Waals surface area (Å²) in [5.74, 6) is 0.127. The molecule has 4 heteroatoms. The summed E-state index contributed by atoms with van der Waals surface area (Å²) in [5, 5.41) is 8.80. The Morgan fingerprint density at radius 3 is 2.80 bits per heavy atom. The molecule has 0 saturated heterocycles. The van der Waals surface area contributed by atoms with Gasteiger partial charge in [0.1, 0.15) is 0 Å². The molecule has 1 aliphatic carbocycles. The number of carbonyl (C=O) groups is 1. The zero-order valence-electron chi connectivity index (χ0n) is 12.0. The molecule has 20 heavy (non-hydrogen) atoms. The second-order valence-corrected chi connectivity index (χ2v) is 6.66. The van der Waals surface area contributed by atoms with Gasteiger partial charge in [-0.1, -0.05) is 32.3 Å². The van der Waals surface area contributed by atoms with Crippen LogP contribution in [0.5, 0.6) is 0 Å². The Balaban J connectivity index is 2.02. The summed E-state index contributed by atoms with van der Waals surface area (Å²) in [7, 11) is 0. The lowest BCUT2D eigenvalue weighted by Gasteiger charge is -2.36. The number of carbonyl (C=O) groups excluding carboxylic acids is 1. The highest BCUT2D eigenvalue weighted by Gasteiger charge is 2.45. The van der Waals surface area contributed by atoms with Gasteiger partial charge >= 0.3 is 0 Å². The fourth-order valence-electron chi connectivity index (χ4n) is 3.50. The van der Waals surface area contributed by atoms with Crippen LogP contribution in [0.4, 0.5) is 0 Å². The van der Waals surface area contributed by atoms with Crippen LogP contribution in [0.15, 0.2) is 23.1 Å². The van der Waals surface area contributed by atoms with E-state index in [0.717, 1.165) is 36.4 Å². The summed E-state index contributed by atoms with van der Waals surface area (Å²) in [4.78, 5) is 13.6. The summed E-state index contributed by atoms with van der Waals surface area (Å²) in [6.07, 6.45) is 5.91. The molecule has 2 heterocycles. The van der Waals surface area contributed by atoms with Crippen LogP contribution in [0.1, 0.15) is 43.9 Å². The van der Waals surface area contributed by atoms with Crippen molar-refractivity contribution in [3.63, 3.8) is 0 Å². The number of nitrogens with one attached hydrogen (secondary N) is 2.